The average molecular weight is 262 g/mol. The number of hydrogen-bond donors (Lipinski definition) is 1. The zero-order valence-corrected chi connectivity index (χ0v) is 9.07. The van der Waals surface area contributed by atoms with Crippen molar-refractivity contribution in [2.45, 2.75) is 18.9 Å². The number of benzene rings is 1. The van der Waals surface area contributed by atoms with Crippen molar-refractivity contribution in [1.82, 2.24) is 5.32 Å². The molecule has 0 radical (unpaired) electrons. The summed E-state index contributed by atoms with van der Waals surface area (Å²) >= 11 is 3.14. The van der Waals surface area contributed by atoms with Crippen molar-refractivity contribution in [2.75, 3.05) is 6.54 Å². The SMILES string of the molecule is Fc1cc(F)c(Br)c(C2CCCN2)c1. The molecule has 14 heavy (non-hydrogen) atoms. The molecule has 76 valence electrons. The Morgan fingerprint density at radius 2 is 2.14 bits per heavy atom. The highest BCUT2D eigenvalue weighted by atomic mass is 79.9. The minimum atomic E-state index is -0.534. The third-order valence-electron chi connectivity index (χ3n) is 2.46. The van der Waals surface area contributed by atoms with E-state index in [2.05, 4.69) is 21.2 Å². The third kappa shape index (κ3) is 1.81. The van der Waals surface area contributed by atoms with Crippen molar-refractivity contribution in [1.29, 1.82) is 0 Å². The Morgan fingerprint density at radius 3 is 2.79 bits per heavy atom. The highest BCUT2D eigenvalue weighted by Crippen LogP contribution is 2.31. The standard InChI is InChI=1S/C10H10BrF2N/c11-10-7(9-2-1-3-14-9)4-6(12)5-8(10)13/h4-5,9,14H,1-3H2. The van der Waals surface area contributed by atoms with Crippen LogP contribution in [0, 0.1) is 11.6 Å². The Kier molecular flexibility index (Phi) is 2.83. The number of rotatable bonds is 1. The molecule has 0 saturated carbocycles. The fourth-order valence-electron chi connectivity index (χ4n) is 1.78. The van der Waals surface area contributed by atoms with Gasteiger partial charge in [-0.3, -0.25) is 0 Å². The monoisotopic (exact) mass is 261 g/mol. The van der Waals surface area contributed by atoms with E-state index in [4.69, 9.17) is 0 Å². The van der Waals surface area contributed by atoms with Gasteiger partial charge in [-0.1, -0.05) is 0 Å². The molecule has 1 heterocycles. The summed E-state index contributed by atoms with van der Waals surface area (Å²) < 4.78 is 26.5. The Bertz CT molecular complexity index is 348. The first-order valence-electron chi connectivity index (χ1n) is 4.56. The van der Waals surface area contributed by atoms with Crippen LogP contribution in [0.4, 0.5) is 8.78 Å². The summed E-state index contributed by atoms with van der Waals surface area (Å²) in [6.45, 7) is 0.912. The molecule has 2 rings (SSSR count). The van der Waals surface area contributed by atoms with E-state index in [0.29, 0.717) is 10.0 Å². The van der Waals surface area contributed by atoms with Crippen molar-refractivity contribution in [3.63, 3.8) is 0 Å². The van der Waals surface area contributed by atoms with E-state index >= 15 is 0 Å². The molecule has 1 unspecified atom stereocenters. The van der Waals surface area contributed by atoms with Crippen LogP contribution in [-0.2, 0) is 0 Å². The second kappa shape index (κ2) is 3.95. The molecular formula is C10H10BrF2N. The summed E-state index contributed by atoms with van der Waals surface area (Å²) in [6, 6.07) is 2.35. The fourth-order valence-corrected chi connectivity index (χ4v) is 2.28. The van der Waals surface area contributed by atoms with Gasteiger partial charge in [-0.25, -0.2) is 8.78 Å². The van der Waals surface area contributed by atoms with Gasteiger partial charge in [-0.05, 0) is 46.9 Å². The molecule has 1 aliphatic heterocycles. The van der Waals surface area contributed by atoms with Crippen molar-refractivity contribution < 1.29 is 8.78 Å². The summed E-state index contributed by atoms with van der Waals surface area (Å²) in [5.41, 5.74) is 0.681. The third-order valence-corrected chi connectivity index (χ3v) is 3.29. The van der Waals surface area contributed by atoms with Gasteiger partial charge in [0, 0.05) is 12.1 Å². The predicted molar refractivity (Wildman–Crippen MR) is 54.0 cm³/mol. The normalized spacial score (nSPS) is 21.5. The molecule has 4 heteroatoms. The fraction of sp³-hybridized carbons (Fsp3) is 0.400. The summed E-state index contributed by atoms with van der Waals surface area (Å²) in [4.78, 5) is 0. The molecule has 0 amide bonds. The second-order valence-corrected chi connectivity index (χ2v) is 4.23. The minimum absolute atomic E-state index is 0.0783. The second-order valence-electron chi connectivity index (χ2n) is 3.44. The molecule has 0 aliphatic carbocycles. The quantitative estimate of drug-likeness (QED) is 0.766. The minimum Gasteiger partial charge on any atom is -0.310 e. The van der Waals surface area contributed by atoms with Crippen LogP contribution in [0.25, 0.3) is 0 Å². The molecule has 1 nitrogen and oxygen atoms in total. The molecule has 0 bridgehead atoms. The average Bonchev–Trinajstić information content (AvgIpc) is 2.63. The first-order chi connectivity index (χ1) is 6.68. The summed E-state index contributed by atoms with van der Waals surface area (Å²) in [7, 11) is 0. The van der Waals surface area contributed by atoms with E-state index in [1.54, 1.807) is 0 Å². The Balaban J connectivity index is 2.40. The first kappa shape index (κ1) is 10.1. The van der Waals surface area contributed by atoms with E-state index in [1.807, 2.05) is 0 Å². The van der Waals surface area contributed by atoms with E-state index in [-0.39, 0.29) is 6.04 Å². The van der Waals surface area contributed by atoms with Crippen molar-refractivity contribution in [3.8, 4) is 0 Å². The van der Waals surface area contributed by atoms with Gasteiger partial charge in [0.2, 0.25) is 0 Å². The predicted octanol–water partition coefficient (Wildman–Crippen LogP) is 3.15. The maximum atomic E-state index is 13.2. The van der Waals surface area contributed by atoms with Gasteiger partial charge >= 0.3 is 0 Å². The summed E-state index contributed by atoms with van der Waals surface area (Å²) in [5.74, 6) is -1.05. The van der Waals surface area contributed by atoms with Crippen LogP contribution in [0.15, 0.2) is 16.6 Å². The van der Waals surface area contributed by atoms with Crippen LogP contribution < -0.4 is 5.32 Å². The van der Waals surface area contributed by atoms with Gasteiger partial charge in [-0.15, -0.1) is 0 Å². The van der Waals surface area contributed by atoms with Gasteiger partial charge in [0.05, 0.1) is 4.47 Å². The Hall–Kier alpha value is -0.480. The molecule has 1 aromatic rings. The lowest BCUT2D eigenvalue weighted by Crippen LogP contribution is -2.14. The molecule has 1 N–H and O–H groups in total. The molecule has 1 saturated heterocycles. The van der Waals surface area contributed by atoms with Gasteiger partial charge in [0.25, 0.3) is 0 Å². The van der Waals surface area contributed by atoms with Gasteiger partial charge < -0.3 is 5.32 Å². The highest BCUT2D eigenvalue weighted by molar-refractivity contribution is 9.10. The maximum absolute atomic E-state index is 13.2. The van der Waals surface area contributed by atoms with E-state index in [0.717, 1.165) is 25.5 Å². The largest absolute Gasteiger partial charge is 0.310 e. The Labute approximate surface area is 89.6 Å². The topological polar surface area (TPSA) is 12.0 Å². The molecule has 1 aliphatic rings. The van der Waals surface area contributed by atoms with Crippen LogP contribution in [0.2, 0.25) is 0 Å². The zero-order valence-electron chi connectivity index (χ0n) is 7.49. The summed E-state index contributed by atoms with van der Waals surface area (Å²) in [5, 5.41) is 3.20. The lowest BCUT2D eigenvalue weighted by molar-refractivity contribution is 0.559. The van der Waals surface area contributed by atoms with Gasteiger partial charge in [0.1, 0.15) is 11.6 Å². The van der Waals surface area contributed by atoms with Crippen molar-refractivity contribution >= 4 is 15.9 Å². The molecule has 0 spiro atoms. The van der Waals surface area contributed by atoms with E-state index in [1.165, 1.54) is 6.07 Å². The lowest BCUT2D eigenvalue weighted by atomic mass is 10.1. The van der Waals surface area contributed by atoms with Gasteiger partial charge in [-0.2, -0.15) is 0 Å². The van der Waals surface area contributed by atoms with Gasteiger partial charge in [0.15, 0.2) is 0 Å². The van der Waals surface area contributed by atoms with Crippen molar-refractivity contribution in [2.24, 2.45) is 0 Å². The van der Waals surface area contributed by atoms with E-state index in [9.17, 15) is 8.78 Å². The lowest BCUT2D eigenvalue weighted by Gasteiger charge is -2.13. The van der Waals surface area contributed by atoms with Crippen molar-refractivity contribution in [3.05, 3.63) is 33.8 Å². The van der Waals surface area contributed by atoms with Crippen LogP contribution in [-0.4, -0.2) is 6.54 Å². The molecule has 1 atom stereocenters. The number of halogens is 3. The summed E-state index contributed by atoms with van der Waals surface area (Å²) in [6.07, 6.45) is 1.98. The van der Waals surface area contributed by atoms with Crippen LogP contribution in [0.5, 0.6) is 0 Å². The molecule has 1 aromatic carbocycles. The molecule has 1 fully saturated rings. The number of nitrogens with one attached hydrogen (secondary N) is 1. The van der Waals surface area contributed by atoms with Crippen LogP contribution in [0.1, 0.15) is 24.4 Å². The maximum Gasteiger partial charge on any atom is 0.140 e. The highest BCUT2D eigenvalue weighted by Gasteiger charge is 2.21. The number of hydrogen-bond acceptors (Lipinski definition) is 1. The molecule has 0 aromatic heterocycles. The first-order valence-corrected chi connectivity index (χ1v) is 5.35. The van der Waals surface area contributed by atoms with Crippen LogP contribution >= 0.6 is 15.9 Å². The Morgan fingerprint density at radius 1 is 1.36 bits per heavy atom. The smallest absolute Gasteiger partial charge is 0.140 e. The van der Waals surface area contributed by atoms with Crippen LogP contribution in [0.3, 0.4) is 0 Å². The molecular weight excluding hydrogens is 252 g/mol. The van der Waals surface area contributed by atoms with E-state index < -0.39 is 11.6 Å². The zero-order chi connectivity index (χ0) is 10.1.